The first-order chi connectivity index (χ1) is 17.7. The summed E-state index contributed by atoms with van der Waals surface area (Å²) in [6.45, 7) is 2.17. The molecule has 4 aromatic rings. The molecular weight excluding hydrogens is 460 g/mol. The molecule has 8 heteroatoms. The molecule has 0 fully saturated rings. The molecule has 3 aromatic carbocycles. The van der Waals surface area contributed by atoms with Crippen molar-refractivity contribution in [2.24, 2.45) is 10.7 Å². The van der Waals surface area contributed by atoms with Crippen LogP contribution in [0.4, 0.5) is 17.1 Å². The molecule has 0 saturated heterocycles. The van der Waals surface area contributed by atoms with Gasteiger partial charge in [0.15, 0.2) is 11.9 Å². The fourth-order valence-electron chi connectivity index (χ4n) is 4.82. The molecule has 0 bridgehead atoms. The van der Waals surface area contributed by atoms with Gasteiger partial charge in [-0.2, -0.15) is 0 Å². The van der Waals surface area contributed by atoms with Gasteiger partial charge in [0.25, 0.3) is 0 Å². The molecule has 5 N–H and O–H groups in total. The van der Waals surface area contributed by atoms with Crippen LogP contribution in [-0.4, -0.2) is 55.7 Å². The molecule has 0 aliphatic carbocycles. The maximum atomic E-state index is 8.22. The normalized spacial score (nSPS) is 14.3. The zero-order valence-electron chi connectivity index (χ0n) is 21.8. The highest BCUT2D eigenvalue weighted by atomic mass is 15.3. The first-order valence-electron chi connectivity index (χ1n) is 12.2. The van der Waals surface area contributed by atoms with E-state index in [0.717, 1.165) is 55.9 Å². The summed E-state index contributed by atoms with van der Waals surface area (Å²) in [5.41, 5.74) is 15.1. The first kappa shape index (κ1) is 24.1. The van der Waals surface area contributed by atoms with Crippen molar-refractivity contribution in [2.45, 2.75) is 12.8 Å². The number of guanidine groups is 2. The molecule has 1 atom stereocenters. The number of nitrogens with two attached hydrogens (primary N) is 1. The maximum absolute atomic E-state index is 8.22. The standard InChI is InChI=1S/C29H32N8/c1-17-22-15-21(36(4)28(30)31)11-13-26(22)34-27(17)24-16-33-25-12-8-19(14-23(24)25)18-6-9-20(10-7-18)37(5)29(32)35(2)3/h6-17,32-33H,1-5H3,(H3,30,31). The number of hydrogen-bond donors (Lipinski definition) is 4. The Morgan fingerprint density at radius 3 is 2.22 bits per heavy atom. The summed E-state index contributed by atoms with van der Waals surface area (Å²) in [7, 11) is 7.43. The molecular formula is C29H32N8. The predicted octanol–water partition coefficient (Wildman–Crippen LogP) is 5.34. The average Bonchev–Trinajstić information content (AvgIpc) is 3.47. The Morgan fingerprint density at radius 1 is 0.865 bits per heavy atom. The van der Waals surface area contributed by atoms with Gasteiger partial charge in [0, 0.05) is 68.1 Å². The van der Waals surface area contributed by atoms with Gasteiger partial charge in [-0.1, -0.05) is 25.1 Å². The molecule has 1 aliphatic rings. The minimum absolute atomic E-state index is 0.00606. The number of fused-ring (bicyclic) bond motifs is 2. The lowest BCUT2D eigenvalue weighted by atomic mass is 9.92. The largest absolute Gasteiger partial charge is 0.370 e. The van der Waals surface area contributed by atoms with Crippen LogP contribution in [0.15, 0.2) is 71.9 Å². The summed E-state index contributed by atoms with van der Waals surface area (Å²) in [5.74, 6) is 0.546. The monoisotopic (exact) mass is 492 g/mol. The van der Waals surface area contributed by atoms with Crippen LogP contribution in [0.3, 0.4) is 0 Å². The highest BCUT2D eigenvalue weighted by Gasteiger charge is 2.27. The van der Waals surface area contributed by atoms with Crippen LogP contribution in [0.1, 0.15) is 24.0 Å². The average molecular weight is 493 g/mol. The van der Waals surface area contributed by atoms with Crippen LogP contribution >= 0.6 is 0 Å². The number of nitrogens with one attached hydrogen (secondary N) is 3. The molecule has 2 heterocycles. The summed E-state index contributed by atoms with van der Waals surface area (Å²) < 4.78 is 0. The van der Waals surface area contributed by atoms with E-state index < -0.39 is 0 Å². The van der Waals surface area contributed by atoms with Crippen molar-refractivity contribution in [3.63, 3.8) is 0 Å². The summed E-state index contributed by atoms with van der Waals surface area (Å²) >= 11 is 0. The van der Waals surface area contributed by atoms with Crippen LogP contribution in [-0.2, 0) is 0 Å². The van der Waals surface area contributed by atoms with Crippen LogP contribution in [0, 0.1) is 10.8 Å². The molecule has 1 aliphatic heterocycles. The Morgan fingerprint density at radius 2 is 1.54 bits per heavy atom. The van der Waals surface area contributed by atoms with Crippen molar-refractivity contribution in [3.05, 3.63) is 78.0 Å². The summed E-state index contributed by atoms with van der Waals surface area (Å²) in [5, 5.41) is 17.1. The van der Waals surface area contributed by atoms with E-state index in [1.807, 2.05) is 56.5 Å². The lowest BCUT2D eigenvalue weighted by molar-refractivity contribution is 0.603. The fraction of sp³-hybridized carbons (Fsp3) is 0.207. The first-order valence-corrected chi connectivity index (χ1v) is 12.2. The van der Waals surface area contributed by atoms with Gasteiger partial charge < -0.3 is 25.4 Å². The molecule has 0 saturated carbocycles. The maximum Gasteiger partial charge on any atom is 0.197 e. The Hall–Kier alpha value is -4.59. The van der Waals surface area contributed by atoms with Crippen LogP contribution in [0.25, 0.3) is 22.0 Å². The molecule has 5 rings (SSSR count). The van der Waals surface area contributed by atoms with Gasteiger partial charge in [-0.3, -0.25) is 15.8 Å². The van der Waals surface area contributed by atoms with Crippen LogP contribution in [0.5, 0.6) is 0 Å². The minimum Gasteiger partial charge on any atom is -0.370 e. The third-order valence-electron chi connectivity index (χ3n) is 7.16. The van der Waals surface area contributed by atoms with Crippen molar-refractivity contribution in [2.75, 3.05) is 38.0 Å². The number of benzene rings is 3. The van der Waals surface area contributed by atoms with Crippen molar-refractivity contribution >= 4 is 45.6 Å². The molecule has 1 aromatic heterocycles. The third-order valence-corrected chi connectivity index (χ3v) is 7.16. The van der Waals surface area contributed by atoms with Gasteiger partial charge in [0.05, 0.1) is 11.4 Å². The molecule has 0 radical (unpaired) electrons. The summed E-state index contributed by atoms with van der Waals surface area (Å²) in [6.07, 6.45) is 2.04. The lowest BCUT2D eigenvalue weighted by Gasteiger charge is -2.25. The van der Waals surface area contributed by atoms with E-state index >= 15 is 0 Å². The second kappa shape index (κ2) is 9.13. The van der Waals surface area contributed by atoms with Gasteiger partial charge in [-0.05, 0) is 59.2 Å². The Balaban J connectivity index is 1.46. The summed E-state index contributed by atoms with van der Waals surface area (Å²) in [6, 6.07) is 20.8. The van der Waals surface area contributed by atoms with Crippen LogP contribution in [0.2, 0.25) is 0 Å². The molecule has 1 unspecified atom stereocenters. The number of rotatable bonds is 4. The van der Waals surface area contributed by atoms with E-state index in [1.165, 1.54) is 0 Å². The molecule has 0 amide bonds. The zero-order valence-corrected chi connectivity index (χ0v) is 21.8. The van der Waals surface area contributed by atoms with Gasteiger partial charge in [-0.25, -0.2) is 0 Å². The molecule has 37 heavy (non-hydrogen) atoms. The number of H-pyrrole nitrogens is 1. The topological polar surface area (TPSA) is 112 Å². The molecule has 188 valence electrons. The zero-order chi connectivity index (χ0) is 26.4. The number of aliphatic imine (C=N–C) groups is 1. The number of anilines is 2. The number of aromatic amines is 1. The van der Waals surface area contributed by atoms with Gasteiger partial charge in [0.2, 0.25) is 0 Å². The highest BCUT2D eigenvalue weighted by molar-refractivity contribution is 6.17. The molecule has 8 nitrogen and oxygen atoms in total. The third kappa shape index (κ3) is 4.20. The van der Waals surface area contributed by atoms with Crippen LogP contribution < -0.4 is 15.5 Å². The Labute approximate surface area is 217 Å². The lowest BCUT2D eigenvalue weighted by Crippen LogP contribution is -2.37. The number of aromatic nitrogens is 1. The van der Waals surface area contributed by atoms with Crippen molar-refractivity contribution in [1.82, 2.24) is 9.88 Å². The summed E-state index contributed by atoms with van der Waals surface area (Å²) in [4.78, 5) is 13.7. The van der Waals surface area contributed by atoms with Crippen molar-refractivity contribution in [1.29, 1.82) is 10.8 Å². The second-order valence-electron chi connectivity index (χ2n) is 9.69. The Kier molecular flexibility index (Phi) is 5.95. The minimum atomic E-state index is 0.00606. The van der Waals surface area contributed by atoms with Gasteiger partial charge in [0.1, 0.15) is 0 Å². The van der Waals surface area contributed by atoms with Crippen molar-refractivity contribution in [3.8, 4) is 11.1 Å². The van der Waals surface area contributed by atoms with E-state index in [-0.39, 0.29) is 11.9 Å². The predicted molar refractivity (Wildman–Crippen MR) is 155 cm³/mol. The van der Waals surface area contributed by atoms with E-state index in [2.05, 4.69) is 48.3 Å². The second-order valence-corrected chi connectivity index (χ2v) is 9.69. The Bertz CT molecular complexity index is 1540. The smallest absolute Gasteiger partial charge is 0.197 e. The fourth-order valence-corrected chi connectivity index (χ4v) is 4.82. The van der Waals surface area contributed by atoms with E-state index in [1.54, 1.807) is 16.8 Å². The van der Waals surface area contributed by atoms with E-state index in [4.69, 9.17) is 21.5 Å². The quantitative estimate of drug-likeness (QED) is 0.228. The van der Waals surface area contributed by atoms with Gasteiger partial charge in [-0.15, -0.1) is 0 Å². The van der Waals surface area contributed by atoms with Gasteiger partial charge >= 0.3 is 0 Å². The number of hydrogen-bond acceptors (Lipinski definition) is 3. The highest BCUT2D eigenvalue weighted by Crippen LogP contribution is 2.41. The molecule has 0 spiro atoms. The van der Waals surface area contributed by atoms with Crippen molar-refractivity contribution < 1.29 is 0 Å². The number of nitrogens with zero attached hydrogens (tertiary/aromatic N) is 4. The SMILES string of the molecule is CC1C(c2c[nH]c3ccc(-c4ccc(N(C)C(=N)N(C)C)cc4)cc23)=Nc2ccc(N(C)C(=N)N)cc21. The van der Waals surface area contributed by atoms with E-state index in [9.17, 15) is 0 Å². The van der Waals surface area contributed by atoms with E-state index in [0.29, 0.717) is 5.96 Å².